The van der Waals surface area contributed by atoms with Crippen molar-refractivity contribution < 1.29 is 5.11 Å². The van der Waals surface area contributed by atoms with Gasteiger partial charge in [-0.2, -0.15) is 0 Å². The smallest absolute Gasteiger partial charge is 0.178 e. The Balaban J connectivity index is 2.15. The summed E-state index contributed by atoms with van der Waals surface area (Å²) in [5.74, 6) is 0.551. The largest absolute Gasteiger partial charge is 0.390 e. The highest BCUT2D eigenvalue weighted by molar-refractivity contribution is 5.80. The molecular formula is C15H13N3O. The van der Waals surface area contributed by atoms with E-state index in [1.165, 1.54) is 0 Å². The van der Waals surface area contributed by atoms with Crippen molar-refractivity contribution in [3.8, 4) is 11.5 Å². The van der Waals surface area contributed by atoms with Gasteiger partial charge in [0, 0.05) is 11.1 Å². The summed E-state index contributed by atoms with van der Waals surface area (Å²) in [6.45, 7) is 1.79. The predicted molar refractivity (Wildman–Crippen MR) is 73.4 cm³/mol. The van der Waals surface area contributed by atoms with E-state index in [1.807, 2.05) is 43.3 Å². The fraction of sp³-hybridized carbons (Fsp3) is 0.133. The van der Waals surface area contributed by atoms with E-state index < -0.39 is 0 Å². The number of aliphatic hydroxyl groups excluding tert-OH is 1. The van der Waals surface area contributed by atoms with Gasteiger partial charge in [0.2, 0.25) is 0 Å². The van der Waals surface area contributed by atoms with Crippen LogP contribution in [0.25, 0.3) is 22.4 Å². The third-order valence-corrected chi connectivity index (χ3v) is 2.90. The van der Waals surface area contributed by atoms with Crippen molar-refractivity contribution >= 4 is 10.9 Å². The summed E-state index contributed by atoms with van der Waals surface area (Å²) >= 11 is 0. The molecule has 94 valence electrons. The summed E-state index contributed by atoms with van der Waals surface area (Å²) in [5, 5.41) is 10.3. The van der Waals surface area contributed by atoms with E-state index in [0.717, 1.165) is 22.3 Å². The van der Waals surface area contributed by atoms with Crippen LogP contribution in [0.2, 0.25) is 0 Å². The number of aliphatic hydroxyl groups is 1. The molecule has 0 aliphatic heterocycles. The molecule has 3 rings (SSSR count). The van der Waals surface area contributed by atoms with E-state index in [4.69, 9.17) is 0 Å². The summed E-state index contributed by atoms with van der Waals surface area (Å²) in [6.07, 6.45) is 0. The Morgan fingerprint density at radius 1 is 1.00 bits per heavy atom. The van der Waals surface area contributed by atoms with E-state index in [1.54, 1.807) is 6.07 Å². The molecule has 0 fully saturated rings. The van der Waals surface area contributed by atoms with Gasteiger partial charge in [0.1, 0.15) is 5.69 Å². The maximum atomic E-state index is 9.19. The second-order valence-corrected chi connectivity index (χ2v) is 4.37. The molecule has 19 heavy (non-hydrogen) atoms. The van der Waals surface area contributed by atoms with Gasteiger partial charge >= 0.3 is 0 Å². The van der Waals surface area contributed by atoms with Crippen molar-refractivity contribution in [2.45, 2.75) is 13.5 Å². The van der Waals surface area contributed by atoms with Crippen LogP contribution in [0.1, 0.15) is 11.4 Å². The first-order chi connectivity index (χ1) is 9.26. The van der Waals surface area contributed by atoms with E-state index in [-0.39, 0.29) is 6.61 Å². The molecule has 0 radical (unpaired) electrons. The minimum absolute atomic E-state index is 0.0933. The van der Waals surface area contributed by atoms with Crippen molar-refractivity contribution in [3.63, 3.8) is 0 Å². The average molecular weight is 251 g/mol. The lowest BCUT2D eigenvalue weighted by atomic mass is 10.2. The highest BCUT2D eigenvalue weighted by atomic mass is 16.3. The van der Waals surface area contributed by atoms with Crippen molar-refractivity contribution in [2.24, 2.45) is 0 Å². The summed E-state index contributed by atoms with van der Waals surface area (Å²) in [5.41, 5.74) is 3.06. The minimum Gasteiger partial charge on any atom is -0.390 e. The highest BCUT2D eigenvalue weighted by Gasteiger charge is 2.06. The molecule has 0 amide bonds. The molecular weight excluding hydrogens is 238 g/mol. The lowest BCUT2D eigenvalue weighted by Crippen LogP contribution is -1.99. The molecule has 0 bridgehead atoms. The predicted octanol–water partition coefficient (Wildman–Crippen LogP) is 2.49. The van der Waals surface area contributed by atoms with Crippen LogP contribution in [0.15, 0.2) is 42.5 Å². The first-order valence-corrected chi connectivity index (χ1v) is 6.08. The lowest BCUT2D eigenvalue weighted by Gasteiger charge is -2.05. The number of pyridine rings is 1. The van der Waals surface area contributed by atoms with Crippen LogP contribution in [0.3, 0.4) is 0 Å². The number of nitrogens with zero attached hydrogens (tertiary/aromatic N) is 3. The summed E-state index contributed by atoms with van der Waals surface area (Å²) in [4.78, 5) is 13.2. The van der Waals surface area contributed by atoms with Crippen LogP contribution in [0.4, 0.5) is 0 Å². The Bertz CT molecular complexity index is 740. The van der Waals surface area contributed by atoms with E-state index in [0.29, 0.717) is 11.5 Å². The van der Waals surface area contributed by atoms with Crippen molar-refractivity contribution in [2.75, 3.05) is 0 Å². The van der Waals surface area contributed by atoms with Crippen molar-refractivity contribution in [1.82, 2.24) is 15.0 Å². The van der Waals surface area contributed by atoms with Gasteiger partial charge in [-0.15, -0.1) is 0 Å². The van der Waals surface area contributed by atoms with Gasteiger partial charge in [0.25, 0.3) is 0 Å². The summed E-state index contributed by atoms with van der Waals surface area (Å²) in [6, 6.07) is 13.6. The van der Waals surface area contributed by atoms with Gasteiger partial charge in [-0.05, 0) is 25.1 Å². The molecule has 0 aliphatic rings. The van der Waals surface area contributed by atoms with Crippen LogP contribution in [-0.2, 0) is 6.61 Å². The molecule has 4 nitrogen and oxygen atoms in total. The Morgan fingerprint density at radius 2 is 1.84 bits per heavy atom. The number of benzene rings is 1. The molecule has 0 saturated heterocycles. The van der Waals surface area contributed by atoms with Gasteiger partial charge in [0.15, 0.2) is 5.82 Å². The average Bonchev–Trinajstić information content (AvgIpc) is 2.46. The Morgan fingerprint density at radius 3 is 2.68 bits per heavy atom. The van der Waals surface area contributed by atoms with Crippen LogP contribution in [0.5, 0.6) is 0 Å². The SMILES string of the molecule is Cc1cc(CO)nc(-c2ccc3ccccc3n2)n1. The standard InChI is InChI=1S/C15H13N3O/c1-10-8-12(9-19)17-15(16-10)14-7-6-11-4-2-3-5-13(11)18-14/h2-8,19H,9H2,1H3. The second kappa shape index (κ2) is 4.74. The van der Waals surface area contributed by atoms with E-state index >= 15 is 0 Å². The van der Waals surface area contributed by atoms with Gasteiger partial charge < -0.3 is 5.11 Å². The molecule has 0 aliphatic carbocycles. The monoisotopic (exact) mass is 251 g/mol. The molecule has 2 aromatic heterocycles. The second-order valence-electron chi connectivity index (χ2n) is 4.37. The number of aryl methyl sites for hydroxylation is 1. The summed E-state index contributed by atoms with van der Waals surface area (Å²) in [7, 11) is 0. The molecule has 0 spiro atoms. The van der Waals surface area contributed by atoms with Gasteiger partial charge in [0.05, 0.1) is 17.8 Å². The third kappa shape index (κ3) is 2.30. The topological polar surface area (TPSA) is 58.9 Å². The first kappa shape index (κ1) is 11.7. The first-order valence-electron chi connectivity index (χ1n) is 6.08. The molecule has 1 aromatic carbocycles. The normalized spacial score (nSPS) is 10.8. The van der Waals surface area contributed by atoms with Crippen molar-refractivity contribution in [1.29, 1.82) is 0 Å². The Hall–Kier alpha value is -2.33. The van der Waals surface area contributed by atoms with Crippen molar-refractivity contribution in [3.05, 3.63) is 53.9 Å². The number of fused-ring (bicyclic) bond motifs is 1. The fourth-order valence-corrected chi connectivity index (χ4v) is 2.02. The molecule has 0 saturated carbocycles. The lowest BCUT2D eigenvalue weighted by molar-refractivity contribution is 0.276. The zero-order valence-electron chi connectivity index (χ0n) is 10.5. The molecule has 0 unspecified atom stereocenters. The van der Waals surface area contributed by atoms with Crippen LogP contribution in [0, 0.1) is 6.92 Å². The van der Waals surface area contributed by atoms with Crippen LogP contribution >= 0.6 is 0 Å². The molecule has 3 aromatic rings. The molecule has 4 heteroatoms. The van der Waals surface area contributed by atoms with Gasteiger partial charge in [-0.3, -0.25) is 0 Å². The third-order valence-electron chi connectivity index (χ3n) is 2.90. The fourth-order valence-electron chi connectivity index (χ4n) is 2.02. The van der Waals surface area contributed by atoms with Gasteiger partial charge in [-0.25, -0.2) is 15.0 Å². The maximum Gasteiger partial charge on any atom is 0.178 e. The minimum atomic E-state index is -0.0933. The Kier molecular flexibility index (Phi) is 2.93. The zero-order chi connectivity index (χ0) is 13.2. The molecule has 1 N–H and O–H groups in total. The molecule has 0 atom stereocenters. The quantitative estimate of drug-likeness (QED) is 0.760. The number of aromatic nitrogens is 3. The number of rotatable bonds is 2. The maximum absolute atomic E-state index is 9.19. The number of hydrogen-bond donors (Lipinski definition) is 1. The number of para-hydroxylation sites is 1. The van der Waals surface area contributed by atoms with Crippen LogP contribution in [-0.4, -0.2) is 20.1 Å². The Labute approximate surface area is 110 Å². The van der Waals surface area contributed by atoms with Crippen LogP contribution < -0.4 is 0 Å². The zero-order valence-corrected chi connectivity index (χ0v) is 10.5. The highest BCUT2D eigenvalue weighted by Crippen LogP contribution is 2.18. The van der Waals surface area contributed by atoms with Gasteiger partial charge in [-0.1, -0.05) is 24.3 Å². The van der Waals surface area contributed by atoms with E-state index in [2.05, 4.69) is 15.0 Å². The molecule has 2 heterocycles. The summed E-state index contributed by atoms with van der Waals surface area (Å²) < 4.78 is 0. The number of hydrogen-bond acceptors (Lipinski definition) is 4. The van der Waals surface area contributed by atoms with E-state index in [9.17, 15) is 5.11 Å².